The molecule has 1 aliphatic heterocycles. The Kier molecular flexibility index (Phi) is 5.72. The minimum Gasteiger partial charge on any atom is -0.307 e. The van der Waals surface area contributed by atoms with Crippen molar-refractivity contribution in [3.63, 3.8) is 0 Å². The number of nitrogens with one attached hydrogen (secondary N) is 1. The molecule has 0 spiro atoms. The molecule has 162 valence electrons. The van der Waals surface area contributed by atoms with Crippen LogP contribution in [0.2, 0.25) is 0 Å². The number of hydrogen-bond donors (Lipinski definition) is 1. The molecule has 1 aromatic heterocycles. The fourth-order valence-corrected chi connectivity index (χ4v) is 6.11. The maximum Gasteiger partial charge on any atom is 0.256 e. The van der Waals surface area contributed by atoms with Crippen LogP contribution in [0.4, 0.5) is 5.82 Å². The second kappa shape index (κ2) is 8.15. The van der Waals surface area contributed by atoms with Gasteiger partial charge in [-0.15, -0.1) is 0 Å². The molecular weight excluding hydrogens is 400 g/mol. The third-order valence-corrected chi connectivity index (χ3v) is 8.04. The molecule has 1 saturated heterocycles. The molecule has 4 rings (SSSR count). The van der Waals surface area contributed by atoms with Crippen molar-refractivity contribution in [3.05, 3.63) is 42.1 Å². The van der Waals surface area contributed by atoms with Gasteiger partial charge in [0.15, 0.2) is 0 Å². The van der Waals surface area contributed by atoms with E-state index < -0.39 is 10.0 Å². The van der Waals surface area contributed by atoms with Crippen molar-refractivity contribution in [1.82, 2.24) is 14.1 Å². The quantitative estimate of drug-likeness (QED) is 0.756. The average molecular weight is 431 g/mol. The number of sulfonamides is 1. The van der Waals surface area contributed by atoms with Crippen LogP contribution in [0.1, 0.15) is 56.4 Å². The van der Waals surface area contributed by atoms with Crippen LogP contribution in [0.3, 0.4) is 0 Å². The fraction of sp³-hybridized carbons (Fsp3) is 0.545. The summed E-state index contributed by atoms with van der Waals surface area (Å²) in [5.41, 5.74) is 0.418. The molecule has 1 aliphatic carbocycles. The zero-order valence-corrected chi connectivity index (χ0v) is 18.6. The van der Waals surface area contributed by atoms with E-state index in [1.807, 2.05) is 4.68 Å². The van der Waals surface area contributed by atoms with Gasteiger partial charge in [0.05, 0.1) is 17.1 Å². The number of benzene rings is 1. The Balaban J connectivity index is 1.47. The highest BCUT2D eigenvalue weighted by atomic mass is 32.2. The number of hydrogen-bond acceptors (Lipinski definition) is 4. The van der Waals surface area contributed by atoms with E-state index in [2.05, 4.69) is 31.2 Å². The van der Waals surface area contributed by atoms with E-state index >= 15 is 0 Å². The number of amides is 1. The van der Waals surface area contributed by atoms with E-state index in [1.165, 1.54) is 25.0 Å². The van der Waals surface area contributed by atoms with Crippen LogP contribution in [0, 0.1) is 17.8 Å². The number of rotatable bonds is 6. The predicted molar refractivity (Wildman–Crippen MR) is 116 cm³/mol. The smallest absolute Gasteiger partial charge is 0.256 e. The van der Waals surface area contributed by atoms with Gasteiger partial charge in [-0.05, 0) is 68.2 Å². The van der Waals surface area contributed by atoms with E-state index in [0.717, 1.165) is 6.42 Å². The van der Waals surface area contributed by atoms with E-state index in [4.69, 9.17) is 0 Å². The lowest BCUT2D eigenvalue weighted by atomic mass is 9.94. The molecule has 2 heterocycles. The predicted octanol–water partition coefficient (Wildman–Crippen LogP) is 3.77. The third kappa shape index (κ3) is 4.30. The van der Waals surface area contributed by atoms with Crippen molar-refractivity contribution < 1.29 is 13.2 Å². The molecule has 0 bridgehead atoms. The minimum absolute atomic E-state index is 0.229. The van der Waals surface area contributed by atoms with Crippen LogP contribution < -0.4 is 5.32 Å². The number of anilines is 1. The summed E-state index contributed by atoms with van der Waals surface area (Å²) in [7, 11) is -3.55. The zero-order chi connectivity index (χ0) is 21.5. The van der Waals surface area contributed by atoms with Crippen LogP contribution in [0.25, 0.3) is 0 Å². The summed E-state index contributed by atoms with van der Waals surface area (Å²) in [5.74, 6) is 1.69. The van der Waals surface area contributed by atoms with Gasteiger partial charge in [-0.1, -0.05) is 13.8 Å². The molecule has 2 fully saturated rings. The maximum atomic E-state index is 13.0. The molecule has 1 aromatic carbocycles. The van der Waals surface area contributed by atoms with E-state index in [9.17, 15) is 13.2 Å². The zero-order valence-electron chi connectivity index (χ0n) is 17.8. The van der Waals surface area contributed by atoms with E-state index in [1.54, 1.807) is 28.7 Å². The molecule has 1 amide bonds. The summed E-state index contributed by atoms with van der Waals surface area (Å²) >= 11 is 0. The van der Waals surface area contributed by atoms with Gasteiger partial charge in [0, 0.05) is 24.7 Å². The highest BCUT2D eigenvalue weighted by Crippen LogP contribution is 2.40. The van der Waals surface area contributed by atoms with Crippen molar-refractivity contribution in [1.29, 1.82) is 0 Å². The molecule has 2 aliphatic rings. The third-order valence-electron chi connectivity index (χ3n) is 6.19. The molecule has 3 unspecified atom stereocenters. The standard InChI is InChI=1S/C22H30N4O3S/c1-15-12-16(2)14-25(13-15)30(28,29)20-8-6-19(7-9-20)22(27)24-21-10-11-23-26(21)17(3)18-4-5-18/h6-11,15-18H,4-5,12-14H2,1-3H3,(H,24,27). The first-order valence-corrected chi connectivity index (χ1v) is 12.1. The second-order valence-electron chi connectivity index (χ2n) is 8.99. The van der Waals surface area contributed by atoms with Gasteiger partial charge in [0.1, 0.15) is 5.82 Å². The van der Waals surface area contributed by atoms with E-state index in [0.29, 0.717) is 42.2 Å². The number of aromatic nitrogens is 2. The van der Waals surface area contributed by atoms with Crippen molar-refractivity contribution in [3.8, 4) is 0 Å². The Morgan fingerprint density at radius 1 is 1.10 bits per heavy atom. The van der Waals surface area contributed by atoms with Gasteiger partial charge in [0.25, 0.3) is 5.91 Å². The molecule has 8 heteroatoms. The summed E-state index contributed by atoms with van der Waals surface area (Å²) < 4.78 is 29.5. The average Bonchev–Trinajstić information content (AvgIpc) is 3.46. The first-order valence-electron chi connectivity index (χ1n) is 10.7. The van der Waals surface area contributed by atoms with Gasteiger partial charge in [-0.25, -0.2) is 13.1 Å². The van der Waals surface area contributed by atoms with Crippen LogP contribution in [0.5, 0.6) is 0 Å². The van der Waals surface area contributed by atoms with Crippen LogP contribution in [-0.2, 0) is 10.0 Å². The largest absolute Gasteiger partial charge is 0.307 e. The number of carbonyl (C=O) groups excluding carboxylic acids is 1. The van der Waals surface area contributed by atoms with Crippen molar-refractivity contribution in [2.75, 3.05) is 18.4 Å². The molecule has 2 aromatic rings. The lowest BCUT2D eigenvalue weighted by molar-refractivity contribution is 0.102. The molecule has 7 nitrogen and oxygen atoms in total. The van der Waals surface area contributed by atoms with Crippen molar-refractivity contribution in [2.45, 2.75) is 51.0 Å². The summed E-state index contributed by atoms with van der Waals surface area (Å²) in [6, 6.07) is 8.23. The maximum absolute atomic E-state index is 13.0. The Hall–Kier alpha value is -2.19. The van der Waals surface area contributed by atoms with Gasteiger partial charge in [0.2, 0.25) is 10.0 Å². The second-order valence-corrected chi connectivity index (χ2v) is 10.9. The Bertz CT molecular complexity index is 1000. The number of piperidine rings is 1. The highest BCUT2D eigenvalue weighted by molar-refractivity contribution is 7.89. The van der Waals surface area contributed by atoms with Gasteiger partial charge >= 0.3 is 0 Å². The van der Waals surface area contributed by atoms with Gasteiger partial charge < -0.3 is 5.32 Å². The molecule has 0 radical (unpaired) electrons. The summed E-state index contributed by atoms with van der Waals surface area (Å²) in [5, 5.41) is 7.26. The monoisotopic (exact) mass is 430 g/mol. The molecule has 1 N–H and O–H groups in total. The van der Waals surface area contributed by atoms with Crippen LogP contribution >= 0.6 is 0 Å². The lowest BCUT2D eigenvalue weighted by Gasteiger charge is -2.34. The van der Waals surface area contributed by atoms with Gasteiger partial charge in [-0.3, -0.25) is 4.79 Å². The normalized spacial score (nSPS) is 23.8. The fourth-order valence-electron chi connectivity index (χ4n) is 4.43. The number of carbonyl (C=O) groups is 1. The lowest BCUT2D eigenvalue weighted by Crippen LogP contribution is -2.42. The molecule has 1 saturated carbocycles. The van der Waals surface area contributed by atoms with Crippen LogP contribution in [0.15, 0.2) is 41.4 Å². The van der Waals surface area contributed by atoms with Gasteiger partial charge in [-0.2, -0.15) is 9.40 Å². The summed E-state index contributed by atoms with van der Waals surface area (Å²) in [6.07, 6.45) is 5.11. The summed E-state index contributed by atoms with van der Waals surface area (Å²) in [6.45, 7) is 7.36. The molecule has 3 atom stereocenters. The van der Waals surface area contributed by atoms with Crippen molar-refractivity contribution in [2.24, 2.45) is 17.8 Å². The SMILES string of the molecule is CC1CC(C)CN(S(=O)(=O)c2ccc(C(=O)Nc3ccnn3C(C)C3CC3)cc2)C1. The minimum atomic E-state index is -3.55. The summed E-state index contributed by atoms with van der Waals surface area (Å²) in [4.78, 5) is 12.9. The first-order chi connectivity index (χ1) is 14.3. The Morgan fingerprint density at radius 3 is 2.33 bits per heavy atom. The topological polar surface area (TPSA) is 84.3 Å². The Morgan fingerprint density at radius 2 is 1.73 bits per heavy atom. The van der Waals surface area contributed by atoms with Crippen LogP contribution in [-0.4, -0.2) is 41.5 Å². The van der Waals surface area contributed by atoms with Crippen molar-refractivity contribution >= 4 is 21.7 Å². The number of nitrogens with zero attached hydrogens (tertiary/aromatic N) is 3. The highest BCUT2D eigenvalue weighted by Gasteiger charge is 2.32. The first kappa shape index (κ1) is 21.1. The molecular formula is C22H30N4O3S. The molecule has 30 heavy (non-hydrogen) atoms. The Labute approximate surface area is 178 Å². The van der Waals surface area contributed by atoms with E-state index in [-0.39, 0.29) is 16.8 Å².